The Kier molecular flexibility index (Phi) is 4.58. The maximum absolute atomic E-state index is 12.4. The maximum Gasteiger partial charge on any atom is 0.270 e. The summed E-state index contributed by atoms with van der Waals surface area (Å²) in [6.45, 7) is 0.742. The van der Waals surface area contributed by atoms with Crippen molar-refractivity contribution in [3.63, 3.8) is 0 Å². The first-order chi connectivity index (χ1) is 8.72. The molecule has 1 aliphatic carbocycles. The summed E-state index contributed by atoms with van der Waals surface area (Å²) < 4.78 is 0. The van der Waals surface area contributed by atoms with Crippen molar-refractivity contribution in [2.45, 2.75) is 31.7 Å². The van der Waals surface area contributed by atoms with Crippen LogP contribution < -0.4 is 5.56 Å². The quantitative estimate of drug-likeness (QED) is 0.847. The summed E-state index contributed by atoms with van der Waals surface area (Å²) in [6.07, 6.45) is 4.27. The van der Waals surface area contributed by atoms with Crippen LogP contribution in [0.1, 0.15) is 36.2 Å². The zero-order valence-corrected chi connectivity index (χ0v) is 11.8. The van der Waals surface area contributed by atoms with Crippen molar-refractivity contribution in [1.82, 2.24) is 9.88 Å². The summed E-state index contributed by atoms with van der Waals surface area (Å²) in [5.74, 6) is -0.0571. The summed E-state index contributed by atoms with van der Waals surface area (Å²) in [6, 6.07) is 5.06. The van der Waals surface area contributed by atoms with Gasteiger partial charge in [0.2, 0.25) is 5.56 Å². The molecule has 1 fully saturated rings. The molecule has 1 amide bonds. The minimum Gasteiger partial charge on any atom is -0.334 e. The number of aromatic nitrogens is 1. The Morgan fingerprint density at radius 3 is 2.78 bits per heavy atom. The van der Waals surface area contributed by atoms with Gasteiger partial charge in [-0.25, -0.2) is 0 Å². The van der Waals surface area contributed by atoms with E-state index in [1.807, 2.05) is 4.90 Å². The second kappa shape index (κ2) is 6.18. The van der Waals surface area contributed by atoms with Gasteiger partial charge >= 0.3 is 0 Å². The van der Waals surface area contributed by atoms with Crippen molar-refractivity contribution in [3.8, 4) is 0 Å². The largest absolute Gasteiger partial charge is 0.334 e. The first kappa shape index (κ1) is 13.3. The van der Waals surface area contributed by atoms with E-state index in [1.165, 1.54) is 12.5 Å². The molecule has 98 valence electrons. The molecule has 4 nitrogen and oxygen atoms in total. The lowest BCUT2D eigenvalue weighted by Crippen LogP contribution is -2.45. The van der Waals surface area contributed by atoms with Crippen LogP contribution in [-0.4, -0.2) is 33.7 Å². The number of hydrogen-bond acceptors (Lipinski definition) is 2. The molecule has 0 aromatic carbocycles. The summed E-state index contributed by atoms with van der Waals surface area (Å²) >= 11 is 3.39. The van der Waals surface area contributed by atoms with E-state index in [0.29, 0.717) is 11.7 Å². The lowest BCUT2D eigenvalue weighted by atomic mass is 9.91. The average Bonchev–Trinajstić information content (AvgIpc) is 2.31. The van der Waals surface area contributed by atoms with Crippen LogP contribution >= 0.6 is 15.9 Å². The van der Waals surface area contributed by atoms with E-state index in [1.54, 1.807) is 12.1 Å². The zero-order chi connectivity index (χ0) is 13.0. The lowest BCUT2D eigenvalue weighted by molar-refractivity contribution is 0.0575. The maximum atomic E-state index is 12.4. The Labute approximate surface area is 115 Å². The van der Waals surface area contributed by atoms with E-state index < -0.39 is 0 Å². The molecule has 1 saturated carbocycles. The first-order valence-corrected chi connectivity index (χ1v) is 7.41. The van der Waals surface area contributed by atoms with Gasteiger partial charge in [0.1, 0.15) is 5.69 Å². The number of rotatable bonds is 5. The third-order valence-corrected chi connectivity index (χ3v) is 3.87. The van der Waals surface area contributed by atoms with Gasteiger partial charge in [-0.1, -0.05) is 22.0 Å². The number of amides is 1. The van der Waals surface area contributed by atoms with Crippen LogP contribution in [0, 0.1) is 0 Å². The molecule has 0 atom stereocenters. The van der Waals surface area contributed by atoms with E-state index in [-0.39, 0.29) is 11.5 Å². The Balaban J connectivity index is 2.13. The lowest BCUT2D eigenvalue weighted by Gasteiger charge is -2.37. The van der Waals surface area contributed by atoms with Crippen LogP contribution in [0.5, 0.6) is 0 Å². The molecule has 0 saturated heterocycles. The van der Waals surface area contributed by atoms with E-state index in [4.69, 9.17) is 0 Å². The second-order valence-corrected chi connectivity index (χ2v) is 5.35. The minimum atomic E-state index is -0.227. The van der Waals surface area contributed by atoms with Gasteiger partial charge in [-0.2, -0.15) is 0 Å². The number of carbonyl (C=O) groups excluding carboxylic acids is 1. The van der Waals surface area contributed by atoms with Crippen molar-refractivity contribution >= 4 is 21.8 Å². The molecular weight excluding hydrogens is 296 g/mol. The summed E-state index contributed by atoms with van der Waals surface area (Å²) in [7, 11) is 0. The fourth-order valence-corrected chi connectivity index (χ4v) is 2.36. The molecule has 1 heterocycles. The molecule has 1 aromatic heterocycles. The van der Waals surface area contributed by atoms with Crippen molar-refractivity contribution in [2.24, 2.45) is 0 Å². The molecule has 1 aromatic rings. The number of H-pyrrole nitrogens is 1. The fraction of sp³-hybridized carbons (Fsp3) is 0.538. The van der Waals surface area contributed by atoms with Crippen LogP contribution in [-0.2, 0) is 0 Å². The molecule has 2 rings (SSSR count). The number of nitrogens with zero attached hydrogens (tertiary/aromatic N) is 1. The Hall–Kier alpha value is -1.10. The van der Waals surface area contributed by atoms with Crippen molar-refractivity contribution in [1.29, 1.82) is 0 Å². The van der Waals surface area contributed by atoms with Crippen LogP contribution in [0.25, 0.3) is 0 Å². The van der Waals surface area contributed by atoms with Gasteiger partial charge < -0.3 is 9.88 Å². The second-order valence-electron chi connectivity index (χ2n) is 4.55. The van der Waals surface area contributed by atoms with E-state index in [2.05, 4.69) is 20.9 Å². The van der Waals surface area contributed by atoms with E-state index in [0.717, 1.165) is 31.1 Å². The van der Waals surface area contributed by atoms with Crippen LogP contribution in [0.2, 0.25) is 0 Å². The molecule has 5 heteroatoms. The highest BCUT2D eigenvalue weighted by Gasteiger charge is 2.29. The SMILES string of the molecule is O=C(c1cccc(=O)[nH]1)N(CCCBr)C1CCC1. The van der Waals surface area contributed by atoms with Gasteiger partial charge in [0, 0.05) is 24.0 Å². The van der Waals surface area contributed by atoms with Gasteiger partial charge in [-0.05, 0) is 31.7 Å². The highest BCUT2D eigenvalue weighted by Crippen LogP contribution is 2.26. The number of aromatic amines is 1. The molecular formula is C13H17BrN2O2. The molecule has 0 unspecified atom stereocenters. The fourth-order valence-electron chi connectivity index (χ4n) is 2.11. The highest BCUT2D eigenvalue weighted by molar-refractivity contribution is 9.09. The van der Waals surface area contributed by atoms with Gasteiger partial charge in [-0.15, -0.1) is 0 Å². The van der Waals surface area contributed by atoms with E-state index in [9.17, 15) is 9.59 Å². The number of nitrogens with one attached hydrogen (secondary N) is 1. The standard InChI is InChI=1S/C13H17BrN2O2/c14-8-3-9-16(10-4-1-5-10)13(18)11-6-2-7-12(17)15-11/h2,6-7,10H,1,3-5,8-9H2,(H,15,17). The van der Waals surface area contributed by atoms with Crippen molar-refractivity contribution in [2.75, 3.05) is 11.9 Å². The molecule has 0 bridgehead atoms. The minimum absolute atomic E-state index is 0.0571. The summed E-state index contributed by atoms with van der Waals surface area (Å²) in [5.41, 5.74) is 0.166. The zero-order valence-electron chi connectivity index (χ0n) is 10.2. The number of halogens is 1. The normalized spacial score (nSPS) is 15.2. The molecule has 1 N–H and O–H groups in total. The van der Waals surface area contributed by atoms with Crippen LogP contribution in [0.3, 0.4) is 0 Å². The number of carbonyl (C=O) groups is 1. The van der Waals surface area contributed by atoms with E-state index >= 15 is 0 Å². The monoisotopic (exact) mass is 312 g/mol. The molecule has 0 radical (unpaired) electrons. The van der Waals surface area contributed by atoms with Crippen LogP contribution in [0.4, 0.5) is 0 Å². The smallest absolute Gasteiger partial charge is 0.270 e. The Morgan fingerprint density at radius 2 is 2.22 bits per heavy atom. The molecule has 0 aliphatic heterocycles. The van der Waals surface area contributed by atoms with Gasteiger partial charge in [-0.3, -0.25) is 9.59 Å². The molecule has 18 heavy (non-hydrogen) atoms. The average molecular weight is 313 g/mol. The Bertz CT molecular complexity index is 468. The number of hydrogen-bond donors (Lipinski definition) is 1. The van der Waals surface area contributed by atoms with Crippen molar-refractivity contribution < 1.29 is 4.79 Å². The topological polar surface area (TPSA) is 53.2 Å². The van der Waals surface area contributed by atoms with Crippen molar-refractivity contribution in [3.05, 3.63) is 34.2 Å². The Morgan fingerprint density at radius 1 is 1.44 bits per heavy atom. The van der Waals surface area contributed by atoms with Gasteiger partial charge in [0.05, 0.1) is 0 Å². The summed E-state index contributed by atoms with van der Waals surface area (Å²) in [5, 5.41) is 0.884. The van der Waals surface area contributed by atoms with Gasteiger partial charge in [0.25, 0.3) is 5.91 Å². The van der Waals surface area contributed by atoms with Crippen LogP contribution in [0.15, 0.2) is 23.0 Å². The summed E-state index contributed by atoms with van der Waals surface area (Å²) in [4.78, 5) is 28.1. The third-order valence-electron chi connectivity index (χ3n) is 3.31. The highest BCUT2D eigenvalue weighted by atomic mass is 79.9. The predicted molar refractivity (Wildman–Crippen MR) is 74.1 cm³/mol. The molecule has 0 spiro atoms. The van der Waals surface area contributed by atoms with Gasteiger partial charge in [0.15, 0.2) is 0 Å². The predicted octanol–water partition coefficient (Wildman–Crippen LogP) is 2.15. The number of alkyl halides is 1. The third kappa shape index (κ3) is 3.02. The molecule has 1 aliphatic rings. The first-order valence-electron chi connectivity index (χ1n) is 6.28. The number of pyridine rings is 1.